The zero-order valence-corrected chi connectivity index (χ0v) is 12.8. The van der Waals surface area contributed by atoms with Crippen molar-refractivity contribution in [2.45, 2.75) is 6.04 Å². The summed E-state index contributed by atoms with van der Waals surface area (Å²) >= 11 is 5.99. The van der Waals surface area contributed by atoms with Crippen molar-refractivity contribution in [1.82, 2.24) is 20.4 Å². The Morgan fingerprint density at radius 1 is 1.36 bits per heavy atom. The number of hydrogen-bond donors (Lipinski definition) is 1. The maximum Gasteiger partial charge on any atom is 0.293 e. The van der Waals surface area contributed by atoms with E-state index >= 15 is 0 Å². The van der Waals surface area contributed by atoms with Gasteiger partial charge in [-0.2, -0.15) is 4.98 Å². The topological polar surface area (TPSA) is 67.3 Å². The van der Waals surface area contributed by atoms with Gasteiger partial charge in [0.2, 0.25) is 0 Å². The minimum absolute atomic E-state index is 0.116. The first kappa shape index (κ1) is 13.8. The van der Waals surface area contributed by atoms with Gasteiger partial charge in [-0.25, -0.2) is 0 Å². The summed E-state index contributed by atoms with van der Waals surface area (Å²) in [5.74, 6) is 1.62. The number of furan rings is 1. The molecule has 3 aromatic rings. The van der Waals surface area contributed by atoms with Crippen LogP contribution in [-0.4, -0.2) is 41.7 Å². The lowest BCUT2D eigenvalue weighted by Gasteiger charge is -2.30. The third-order valence-electron chi connectivity index (χ3n) is 3.94. The molecule has 2 aromatic heterocycles. The first-order chi connectivity index (χ1) is 10.7. The first-order valence-corrected chi connectivity index (χ1v) is 7.52. The quantitative estimate of drug-likeness (QED) is 0.783. The van der Waals surface area contributed by atoms with Crippen LogP contribution in [0.3, 0.4) is 0 Å². The van der Waals surface area contributed by atoms with Crippen LogP contribution in [0.5, 0.6) is 0 Å². The Hall–Kier alpha value is -1.89. The number of rotatable bonds is 2. The normalized spacial score (nSPS) is 19.8. The minimum Gasteiger partial charge on any atom is -0.451 e. The molecule has 1 saturated heterocycles. The Morgan fingerprint density at radius 2 is 2.27 bits per heavy atom. The molecule has 3 heterocycles. The highest BCUT2D eigenvalue weighted by Crippen LogP contribution is 2.29. The molecule has 1 unspecified atom stereocenters. The molecule has 7 heteroatoms. The predicted molar refractivity (Wildman–Crippen MR) is 82.8 cm³/mol. The highest BCUT2D eigenvalue weighted by molar-refractivity contribution is 6.31. The van der Waals surface area contributed by atoms with Gasteiger partial charge in [0, 0.05) is 30.0 Å². The number of piperazine rings is 1. The van der Waals surface area contributed by atoms with Gasteiger partial charge in [0.15, 0.2) is 11.6 Å². The zero-order valence-electron chi connectivity index (χ0n) is 12.0. The number of halogens is 1. The molecule has 1 fully saturated rings. The molecule has 0 radical (unpaired) electrons. The molecule has 1 aromatic carbocycles. The number of nitrogens with one attached hydrogen (secondary N) is 1. The van der Waals surface area contributed by atoms with Gasteiger partial charge in [-0.05, 0) is 31.3 Å². The average molecular weight is 319 g/mol. The summed E-state index contributed by atoms with van der Waals surface area (Å²) in [7, 11) is 2.06. The van der Waals surface area contributed by atoms with E-state index in [4.69, 9.17) is 20.5 Å². The van der Waals surface area contributed by atoms with Crippen LogP contribution in [-0.2, 0) is 0 Å². The second-order valence-corrected chi connectivity index (χ2v) is 5.89. The Morgan fingerprint density at radius 3 is 3.14 bits per heavy atom. The standard InChI is InChI=1S/C15H15ClN4O2/c1-20-5-4-17-8-11(20)14-18-15(22-19-14)13-7-9-6-10(16)2-3-12(9)21-13/h2-3,6-7,11,17H,4-5,8H2,1H3. The van der Waals surface area contributed by atoms with Crippen molar-refractivity contribution in [2.75, 3.05) is 26.7 Å². The molecule has 22 heavy (non-hydrogen) atoms. The number of nitrogens with zero attached hydrogens (tertiary/aromatic N) is 3. The minimum atomic E-state index is 0.116. The van der Waals surface area contributed by atoms with Crippen molar-refractivity contribution < 1.29 is 8.94 Å². The number of fused-ring (bicyclic) bond motifs is 1. The van der Waals surface area contributed by atoms with Gasteiger partial charge in [0.25, 0.3) is 5.89 Å². The smallest absolute Gasteiger partial charge is 0.293 e. The number of aromatic nitrogens is 2. The Labute approximate surface area is 132 Å². The lowest BCUT2D eigenvalue weighted by atomic mass is 10.2. The van der Waals surface area contributed by atoms with Gasteiger partial charge in [0.05, 0.1) is 6.04 Å². The largest absolute Gasteiger partial charge is 0.451 e. The monoisotopic (exact) mass is 318 g/mol. The summed E-state index contributed by atoms with van der Waals surface area (Å²) in [4.78, 5) is 6.70. The van der Waals surface area contributed by atoms with Gasteiger partial charge >= 0.3 is 0 Å². The fourth-order valence-electron chi connectivity index (χ4n) is 2.68. The van der Waals surface area contributed by atoms with E-state index in [1.165, 1.54) is 0 Å². The molecule has 0 bridgehead atoms. The maximum absolute atomic E-state index is 5.99. The van der Waals surface area contributed by atoms with Gasteiger partial charge in [0.1, 0.15) is 5.58 Å². The second-order valence-electron chi connectivity index (χ2n) is 5.45. The van der Waals surface area contributed by atoms with Crippen molar-refractivity contribution in [3.8, 4) is 11.7 Å². The van der Waals surface area contributed by atoms with Crippen molar-refractivity contribution in [2.24, 2.45) is 0 Å². The fraction of sp³-hybridized carbons (Fsp3) is 0.333. The van der Waals surface area contributed by atoms with Gasteiger partial charge in [-0.3, -0.25) is 4.90 Å². The van der Waals surface area contributed by atoms with E-state index in [0.29, 0.717) is 22.5 Å². The van der Waals surface area contributed by atoms with Crippen molar-refractivity contribution >= 4 is 22.6 Å². The average Bonchev–Trinajstić information content (AvgIpc) is 3.13. The summed E-state index contributed by atoms with van der Waals surface area (Å²) in [6, 6.07) is 7.45. The maximum atomic E-state index is 5.99. The number of likely N-dealkylation sites (N-methyl/N-ethyl adjacent to an activating group) is 1. The summed E-state index contributed by atoms with van der Waals surface area (Å²) in [5.41, 5.74) is 0.746. The fourth-order valence-corrected chi connectivity index (χ4v) is 2.86. The van der Waals surface area contributed by atoms with Gasteiger partial charge in [-0.1, -0.05) is 16.8 Å². The van der Waals surface area contributed by atoms with Crippen molar-refractivity contribution in [3.63, 3.8) is 0 Å². The highest BCUT2D eigenvalue weighted by Gasteiger charge is 2.26. The molecule has 1 N–H and O–H groups in total. The van der Waals surface area contributed by atoms with Gasteiger partial charge < -0.3 is 14.3 Å². The van der Waals surface area contributed by atoms with Crippen LogP contribution in [0.25, 0.3) is 22.6 Å². The van der Waals surface area contributed by atoms with E-state index in [1.807, 2.05) is 18.2 Å². The summed E-state index contributed by atoms with van der Waals surface area (Å²) in [6.45, 7) is 2.74. The van der Waals surface area contributed by atoms with Crippen molar-refractivity contribution in [1.29, 1.82) is 0 Å². The molecule has 0 aliphatic carbocycles. The molecule has 0 amide bonds. The second kappa shape index (κ2) is 5.39. The molecule has 1 aliphatic rings. The summed E-state index contributed by atoms with van der Waals surface area (Å²) in [6.07, 6.45) is 0. The molecule has 1 aliphatic heterocycles. The Balaban J connectivity index is 1.67. The molecule has 4 rings (SSSR count). The van der Waals surface area contributed by atoms with Crippen molar-refractivity contribution in [3.05, 3.63) is 35.1 Å². The zero-order chi connectivity index (χ0) is 15.1. The summed E-state index contributed by atoms with van der Waals surface area (Å²) in [5, 5.41) is 9.02. The lowest BCUT2D eigenvalue weighted by molar-refractivity contribution is 0.190. The molecule has 1 atom stereocenters. The lowest BCUT2D eigenvalue weighted by Crippen LogP contribution is -2.44. The molecule has 0 spiro atoms. The van der Waals surface area contributed by atoms with Crippen LogP contribution in [0, 0.1) is 0 Å². The van der Waals surface area contributed by atoms with E-state index < -0.39 is 0 Å². The van der Waals surface area contributed by atoms with Crippen LogP contribution in [0.15, 0.2) is 33.2 Å². The molecular formula is C15H15ClN4O2. The molecular weight excluding hydrogens is 304 g/mol. The van der Waals surface area contributed by atoms with E-state index in [0.717, 1.165) is 30.6 Å². The molecule has 0 saturated carbocycles. The number of benzene rings is 1. The molecule has 114 valence electrons. The molecule has 6 nitrogen and oxygen atoms in total. The van der Waals surface area contributed by atoms with E-state index in [-0.39, 0.29) is 6.04 Å². The first-order valence-electron chi connectivity index (χ1n) is 7.15. The van der Waals surface area contributed by atoms with E-state index in [2.05, 4.69) is 27.4 Å². The van der Waals surface area contributed by atoms with Crippen LogP contribution in [0.2, 0.25) is 5.02 Å². The van der Waals surface area contributed by atoms with Crippen LogP contribution < -0.4 is 5.32 Å². The third kappa shape index (κ3) is 2.39. The van der Waals surface area contributed by atoms with Crippen LogP contribution in [0.4, 0.5) is 0 Å². The number of hydrogen-bond acceptors (Lipinski definition) is 6. The summed E-state index contributed by atoms with van der Waals surface area (Å²) < 4.78 is 11.1. The van der Waals surface area contributed by atoms with Crippen LogP contribution in [0.1, 0.15) is 11.9 Å². The van der Waals surface area contributed by atoms with Gasteiger partial charge in [-0.15, -0.1) is 0 Å². The Bertz CT molecular complexity index is 813. The van der Waals surface area contributed by atoms with E-state index in [9.17, 15) is 0 Å². The SMILES string of the molecule is CN1CCNCC1c1noc(-c2cc3cc(Cl)ccc3o2)n1. The van der Waals surface area contributed by atoms with E-state index in [1.54, 1.807) is 6.07 Å². The predicted octanol–water partition coefficient (Wildman–Crippen LogP) is 2.71. The third-order valence-corrected chi connectivity index (χ3v) is 4.18. The Kier molecular flexibility index (Phi) is 3.37. The highest BCUT2D eigenvalue weighted by atomic mass is 35.5. The van der Waals surface area contributed by atoms with Crippen LogP contribution >= 0.6 is 11.6 Å².